The highest BCUT2D eigenvalue weighted by Crippen LogP contribution is 2.17. The maximum absolute atomic E-state index is 5.09. The van der Waals surface area contributed by atoms with Gasteiger partial charge in [0.1, 0.15) is 12.2 Å². The van der Waals surface area contributed by atoms with Crippen molar-refractivity contribution in [2.75, 3.05) is 26.8 Å². The molecule has 1 aliphatic rings. The molecular formula is C16H30N6O. The second-order valence-corrected chi connectivity index (χ2v) is 5.92. The summed E-state index contributed by atoms with van der Waals surface area (Å²) >= 11 is 0. The van der Waals surface area contributed by atoms with Crippen molar-refractivity contribution in [3.63, 3.8) is 0 Å². The van der Waals surface area contributed by atoms with Gasteiger partial charge < -0.3 is 19.9 Å². The third kappa shape index (κ3) is 6.17. The quantitative estimate of drug-likeness (QED) is 0.408. The van der Waals surface area contributed by atoms with E-state index in [9.17, 15) is 0 Å². The summed E-state index contributed by atoms with van der Waals surface area (Å²) in [5.74, 6) is 1.94. The number of aryl methyl sites for hydroxylation is 1. The van der Waals surface area contributed by atoms with Gasteiger partial charge in [-0.15, -0.1) is 10.2 Å². The summed E-state index contributed by atoms with van der Waals surface area (Å²) in [6, 6.07) is 0.560. The van der Waals surface area contributed by atoms with Crippen LogP contribution < -0.4 is 10.6 Å². The number of guanidine groups is 1. The molecule has 130 valence electrons. The van der Waals surface area contributed by atoms with Gasteiger partial charge in [0.2, 0.25) is 0 Å². The van der Waals surface area contributed by atoms with Crippen molar-refractivity contribution >= 4 is 5.96 Å². The van der Waals surface area contributed by atoms with Gasteiger partial charge in [-0.25, -0.2) is 0 Å². The molecule has 1 aromatic rings. The Morgan fingerprint density at radius 3 is 3.00 bits per heavy atom. The molecule has 1 fully saturated rings. The summed E-state index contributed by atoms with van der Waals surface area (Å²) in [6.07, 6.45) is 8.75. The highest BCUT2D eigenvalue weighted by Gasteiger charge is 2.16. The number of aromatic nitrogens is 3. The van der Waals surface area contributed by atoms with Crippen molar-refractivity contribution in [3.8, 4) is 0 Å². The first kappa shape index (κ1) is 17.7. The van der Waals surface area contributed by atoms with Crippen molar-refractivity contribution in [1.29, 1.82) is 0 Å². The van der Waals surface area contributed by atoms with E-state index in [0.717, 1.165) is 50.9 Å². The second-order valence-electron chi connectivity index (χ2n) is 5.92. The minimum absolute atomic E-state index is 0.560. The Kier molecular flexibility index (Phi) is 7.86. The molecule has 23 heavy (non-hydrogen) atoms. The first-order valence-corrected chi connectivity index (χ1v) is 8.74. The van der Waals surface area contributed by atoms with Gasteiger partial charge in [0.25, 0.3) is 0 Å². The van der Waals surface area contributed by atoms with Crippen LogP contribution in [0, 0.1) is 0 Å². The molecule has 0 aromatic carbocycles. The van der Waals surface area contributed by atoms with Gasteiger partial charge in [0.05, 0.1) is 0 Å². The molecule has 1 aromatic heterocycles. The van der Waals surface area contributed by atoms with E-state index >= 15 is 0 Å². The molecule has 7 nitrogen and oxygen atoms in total. The number of aliphatic imine (C=N–C) groups is 1. The number of hydrogen-bond acceptors (Lipinski definition) is 4. The Bertz CT molecular complexity index is 467. The van der Waals surface area contributed by atoms with E-state index in [1.54, 1.807) is 13.4 Å². The average molecular weight is 322 g/mol. The van der Waals surface area contributed by atoms with E-state index in [1.807, 2.05) is 0 Å². The molecule has 1 aliphatic carbocycles. The van der Waals surface area contributed by atoms with E-state index in [4.69, 9.17) is 4.74 Å². The van der Waals surface area contributed by atoms with Gasteiger partial charge in [0.15, 0.2) is 5.96 Å². The van der Waals surface area contributed by atoms with Crippen LogP contribution in [-0.2, 0) is 17.7 Å². The Labute approximate surface area is 138 Å². The third-order valence-electron chi connectivity index (χ3n) is 4.13. The highest BCUT2D eigenvalue weighted by atomic mass is 16.5. The average Bonchev–Trinajstić information content (AvgIpc) is 3.22. The van der Waals surface area contributed by atoms with Gasteiger partial charge in [-0.3, -0.25) is 4.99 Å². The number of ether oxygens (including phenoxy) is 1. The molecule has 7 heteroatoms. The van der Waals surface area contributed by atoms with Gasteiger partial charge in [-0.05, 0) is 19.3 Å². The van der Waals surface area contributed by atoms with Crippen molar-refractivity contribution in [2.45, 2.75) is 58.0 Å². The lowest BCUT2D eigenvalue weighted by Gasteiger charge is -2.17. The smallest absolute Gasteiger partial charge is 0.191 e. The van der Waals surface area contributed by atoms with E-state index in [1.165, 1.54) is 25.7 Å². The van der Waals surface area contributed by atoms with Gasteiger partial charge in [-0.1, -0.05) is 19.8 Å². The first-order valence-electron chi connectivity index (χ1n) is 8.74. The van der Waals surface area contributed by atoms with Crippen LogP contribution in [-0.4, -0.2) is 53.6 Å². The molecular weight excluding hydrogens is 292 g/mol. The van der Waals surface area contributed by atoms with Crippen LogP contribution in [0.4, 0.5) is 0 Å². The van der Waals surface area contributed by atoms with E-state index in [0.29, 0.717) is 6.04 Å². The predicted octanol–water partition coefficient (Wildman–Crippen LogP) is 1.35. The molecule has 0 saturated heterocycles. The van der Waals surface area contributed by atoms with E-state index < -0.39 is 0 Å². The van der Waals surface area contributed by atoms with Crippen LogP contribution in [0.25, 0.3) is 0 Å². The van der Waals surface area contributed by atoms with Gasteiger partial charge in [-0.2, -0.15) is 0 Å². The van der Waals surface area contributed by atoms with E-state index in [-0.39, 0.29) is 0 Å². The minimum atomic E-state index is 0.560. The molecule has 1 heterocycles. The Hall–Kier alpha value is -1.63. The maximum Gasteiger partial charge on any atom is 0.191 e. The fourth-order valence-electron chi connectivity index (χ4n) is 2.85. The van der Waals surface area contributed by atoms with Crippen molar-refractivity contribution in [2.24, 2.45) is 4.99 Å². The Morgan fingerprint density at radius 2 is 2.26 bits per heavy atom. The first-order chi connectivity index (χ1) is 11.3. The molecule has 1 saturated carbocycles. The number of nitrogens with zero attached hydrogens (tertiary/aromatic N) is 4. The molecule has 0 radical (unpaired) electrons. The fraction of sp³-hybridized carbons (Fsp3) is 0.812. The number of hydrogen-bond donors (Lipinski definition) is 2. The molecule has 0 amide bonds. The van der Waals surface area contributed by atoms with Crippen LogP contribution in [0.2, 0.25) is 0 Å². The maximum atomic E-state index is 5.09. The molecule has 0 spiro atoms. The van der Waals surface area contributed by atoms with E-state index in [2.05, 4.69) is 37.3 Å². The van der Waals surface area contributed by atoms with Crippen LogP contribution >= 0.6 is 0 Å². The van der Waals surface area contributed by atoms with Gasteiger partial charge in [0, 0.05) is 45.8 Å². The number of rotatable bonds is 9. The summed E-state index contributed by atoms with van der Waals surface area (Å²) in [5.41, 5.74) is 0. The summed E-state index contributed by atoms with van der Waals surface area (Å²) < 4.78 is 7.17. The second kappa shape index (κ2) is 10.2. The van der Waals surface area contributed by atoms with Crippen molar-refractivity contribution in [3.05, 3.63) is 12.2 Å². The van der Waals surface area contributed by atoms with Crippen LogP contribution in [0.15, 0.2) is 11.3 Å². The fourth-order valence-corrected chi connectivity index (χ4v) is 2.85. The standard InChI is InChI=1S/C16H30N6O/c1-3-15-21-19-13-22(15)11-10-18-16(17-9-6-12-23-2)20-14-7-4-5-8-14/h13-14H,3-12H2,1-2H3,(H2,17,18,20). The lowest BCUT2D eigenvalue weighted by Crippen LogP contribution is -2.43. The summed E-state index contributed by atoms with van der Waals surface area (Å²) in [5, 5.41) is 15.1. The third-order valence-corrected chi connectivity index (χ3v) is 4.13. The van der Waals surface area contributed by atoms with Gasteiger partial charge >= 0.3 is 0 Å². The molecule has 2 N–H and O–H groups in total. The SMILES string of the molecule is CCc1nncn1CCNC(=NCCCOC)NC1CCCC1. The number of nitrogens with one attached hydrogen (secondary N) is 2. The zero-order valence-electron chi connectivity index (χ0n) is 14.4. The largest absolute Gasteiger partial charge is 0.385 e. The van der Waals surface area contributed by atoms with Crippen LogP contribution in [0.5, 0.6) is 0 Å². The summed E-state index contributed by atoms with van der Waals surface area (Å²) in [6.45, 7) is 5.29. The molecule has 0 bridgehead atoms. The van der Waals surface area contributed by atoms with Crippen LogP contribution in [0.3, 0.4) is 0 Å². The lowest BCUT2D eigenvalue weighted by molar-refractivity contribution is 0.197. The zero-order valence-corrected chi connectivity index (χ0v) is 14.4. The Balaban J connectivity index is 1.80. The topological polar surface area (TPSA) is 76.4 Å². The van der Waals surface area contributed by atoms with Crippen molar-refractivity contribution < 1.29 is 4.74 Å². The molecule has 0 unspecified atom stereocenters. The predicted molar refractivity (Wildman–Crippen MR) is 91.6 cm³/mol. The molecule has 0 atom stereocenters. The molecule has 2 rings (SSSR count). The summed E-state index contributed by atoms with van der Waals surface area (Å²) in [7, 11) is 1.73. The summed E-state index contributed by atoms with van der Waals surface area (Å²) in [4.78, 5) is 4.66. The minimum Gasteiger partial charge on any atom is -0.385 e. The highest BCUT2D eigenvalue weighted by molar-refractivity contribution is 5.80. The van der Waals surface area contributed by atoms with Crippen molar-refractivity contribution in [1.82, 2.24) is 25.4 Å². The normalized spacial score (nSPS) is 16.0. The van der Waals surface area contributed by atoms with Crippen LogP contribution in [0.1, 0.15) is 44.9 Å². The lowest BCUT2D eigenvalue weighted by atomic mass is 10.2. The number of methoxy groups -OCH3 is 1. The monoisotopic (exact) mass is 322 g/mol. The molecule has 0 aliphatic heterocycles. The Morgan fingerprint density at radius 1 is 1.43 bits per heavy atom. The zero-order chi connectivity index (χ0) is 16.3.